The molecule has 7 nitrogen and oxygen atoms in total. The molecule has 1 aromatic carbocycles. The highest BCUT2D eigenvalue weighted by Gasteiger charge is 2.23. The van der Waals surface area contributed by atoms with Gasteiger partial charge in [0.25, 0.3) is 15.7 Å². The zero-order valence-electron chi connectivity index (χ0n) is 10.2. The van der Waals surface area contributed by atoms with Gasteiger partial charge in [0.05, 0.1) is 4.92 Å². The highest BCUT2D eigenvalue weighted by molar-refractivity contribution is 7.92. The van der Waals surface area contributed by atoms with Crippen LogP contribution in [0.1, 0.15) is 0 Å². The van der Waals surface area contributed by atoms with Crippen LogP contribution >= 0.6 is 11.6 Å². The van der Waals surface area contributed by atoms with E-state index in [1.54, 1.807) is 0 Å². The Morgan fingerprint density at radius 1 is 1.29 bits per heavy atom. The van der Waals surface area contributed by atoms with Crippen molar-refractivity contribution in [3.63, 3.8) is 0 Å². The number of aromatic nitrogens is 1. The van der Waals surface area contributed by atoms with E-state index in [0.29, 0.717) is 12.1 Å². The van der Waals surface area contributed by atoms with Crippen LogP contribution in [0, 0.1) is 15.9 Å². The van der Waals surface area contributed by atoms with Gasteiger partial charge in [-0.3, -0.25) is 14.8 Å². The summed E-state index contributed by atoms with van der Waals surface area (Å²) in [5.74, 6) is -1.25. The number of rotatable bonds is 4. The lowest BCUT2D eigenvalue weighted by Crippen LogP contribution is -2.15. The first-order valence-corrected chi connectivity index (χ1v) is 7.25. The monoisotopic (exact) mass is 331 g/mol. The Hall–Kier alpha value is -2.26. The molecule has 0 bridgehead atoms. The summed E-state index contributed by atoms with van der Waals surface area (Å²) in [4.78, 5) is 12.7. The van der Waals surface area contributed by atoms with Gasteiger partial charge >= 0.3 is 0 Å². The number of nitro groups is 1. The van der Waals surface area contributed by atoms with Crippen LogP contribution in [0.25, 0.3) is 0 Å². The second-order valence-corrected chi connectivity index (χ2v) is 5.86. The van der Waals surface area contributed by atoms with Crippen LogP contribution in [0.5, 0.6) is 0 Å². The number of halogens is 2. The van der Waals surface area contributed by atoms with Crippen molar-refractivity contribution in [3.8, 4) is 0 Å². The maximum atomic E-state index is 13.6. The summed E-state index contributed by atoms with van der Waals surface area (Å²) in [7, 11) is -4.37. The lowest BCUT2D eigenvalue weighted by Gasteiger charge is -2.08. The van der Waals surface area contributed by atoms with Crippen molar-refractivity contribution in [2.75, 3.05) is 4.72 Å². The molecule has 2 aromatic rings. The maximum Gasteiger partial charge on any atom is 0.271 e. The van der Waals surface area contributed by atoms with Crippen LogP contribution in [-0.4, -0.2) is 18.3 Å². The molecule has 0 fully saturated rings. The van der Waals surface area contributed by atoms with E-state index in [2.05, 4.69) is 4.98 Å². The van der Waals surface area contributed by atoms with Gasteiger partial charge < -0.3 is 0 Å². The van der Waals surface area contributed by atoms with Crippen LogP contribution in [0.15, 0.2) is 41.3 Å². The van der Waals surface area contributed by atoms with E-state index < -0.39 is 31.3 Å². The number of nitrogens with zero attached hydrogens (tertiary/aromatic N) is 2. The molecule has 2 rings (SSSR count). The fourth-order valence-electron chi connectivity index (χ4n) is 1.47. The molecule has 110 valence electrons. The zero-order valence-corrected chi connectivity index (χ0v) is 11.7. The second-order valence-electron chi connectivity index (χ2n) is 3.82. The molecule has 1 heterocycles. The molecule has 0 aliphatic heterocycles. The molecule has 0 saturated heterocycles. The van der Waals surface area contributed by atoms with Gasteiger partial charge in [-0.1, -0.05) is 17.7 Å². The van der Waals surface area contributed by atoms with E-state index in [1.165, 1.54) is 18.2 Å². The number of sulfonamides is 1. The summed E-state index contributed by atoms with van der Waals surface area (Å²) >= 11 is 5.61. The Balaban J connectivity index is 2.44. The van der Waals surface area contributed by atoms with Gasteiger partial charge in [-0.05, 0) is 18.2 Å². The lowest BCUT2D eigenvalue weighted by atomic mass is 10.3. The van der Waals surface area contributed by atoms with E-state index in [-0.39, 0.29) is 11.0 Å². The molecule has 1 aromatic heterocycles. The van der Waals surface area contributed by atoms with Gasteiger partial charge in [0.15, 0.2) is 0 Å². The molecule has 0 radical (unpaired) electrons. The summed E-state index contributed by atoms with van der Waals surface area (Å²) in [6.45, 7) is 0. The number of hydrogen-bond acceptors (Lipinski definition) is 5. The van der Waals surface area contributed by atoms with E-state index in [0.717, 1.165) is 6.07 Å². The molecule has 0 atom stereocenters. The molecular formula is C11H7ClFN3O4S. The number of non-ortho nitro benzene ring substituents is 1. The fraction of sp³-hybridized carbons (Fsp3) is 0. The first-order valence-electron chi connectivity index (χ1n) is 5.39. The van der Waals surface area contributed by atoms with Crippen molar-refractivity contribution in [1.29, 1.82) is 0 Å². The van der Waals surface area contributed by atoms with Crippen LogP contribution in [0.2, 0.25) is 5.15 Å². The Morgan fingerprint density at radius 3 is 2.62 bits per heavy atom. The van der Waals surface area contributed by atoms with Crippen molar-refractivity contribution in [2.45, 2.75) is 4.90 Å². The third kappa shape index (κ3) is 3.44. The Bertz CT molecular complexity index is 813. The molecule has 10 heteroatoms. The number of benzene rings is 1. The van der Waals surface area contributed by atoms with Gasteiger partial charge in [-0.25, -0.2) is 17.8 Å². The van der Waals surface area contributed by atoms with Crippen molar-refractivity contribution in [3.05, 3.63) is 57.5 Å². The highest BCUT2D eigenvalue weighted by Crippen LogP contribution is 2.23. The quantitative estimate of drug-likeness (QED) is 0.527. The van der Waals surface area contributed by atoms with E-state index in [1.807, 2.05) is 4.72 Å². The van der Waals surface area contributed by atoms with Crippen LogP contribution in [0.3, 0.4) is 0 Å². The summed E-state index contributed by atoms with van der Waals surface area (Å²) in [5.41, 5.74) is -0.546. The number of nitrogens with one attached hydrogen (secondary N) is 1. The number of nitro benzene ring substituents is 1. The number of anilines is 1. The second kappa shape index (κ2) is 5.62. The molecule has 0 unspecified atom stereocenters. The minimum Gasteiger partial charge on any atom is -0.263 e. The smallest absolute Gasteiger partial charge is 0.263 e. The zero-order chi connectivity index (χ0) is 15.6. The minimum absolute atomic E-state index is 0.0368. The van der Waals surface area contributed by atoms with Crippen molar-refractivity contribution in [1.82, 2.24) is 4.98 Å². The highest BCUT2D eigenvalue weighted by atomic mass is 35.5. The SMILES string of the molecule is O=[N+]([O-])c1ccc(F)c(S(=O)(=O)Nc2cccc(Cl)n2)c1. The maximum absolute atomic E-state index is 13.6. The molecule has 1 N–H and O–H groups in total. The molecule has 21 heavy (non-hydrogen) atoms. The van der Waals surface area contributed by atoms with Gasteiger partial charge in [0.1, 0.15) is 21.7 Å². The van der Waals surface area contributed by atoms with Gasteiger partial charge in [-0.2, -0.15) is 0 Å². The average Bonchev–Trinajstić information content (AvgIpc) is 2.38. The third-order valence-electron chi connectivity index (χ3n) is 2.37. The lowest BCUT2D eigenvalue weighted by molar-refractivity contribution is -0.385. The van der Waals surface area contributed by atoms with E-state index >= 15 is 0 Å². The van der Waals surface area contributed by atoms with E-state index in [9.17, 15) is 22.9 Å². The summed E-state index contributed by atoms with van der Waals surface area (Å²) < 4.78 is 39.7. The summed E-state index contributed by atoms with van der Waals surface area (Å²) in [6, 6.07) is 6.37. The first-order chi connectivity index (χ1) is 9.79. The average molecular weight is 332 g/mol. The normalized spacial score (nSPS) is 11.1. The fourth-order valence-corrected chi connectivity index (χ4v) is 2.73. The van der Waals surface area contributed by atoms with Crippen molar-refractivity contribution >= 4 is 33.1 Å². The van der Waals surface area contributed by atoms with Crippen LogP contribution < -0.4 is 4.72 Å². The Kier molecular flexibility index (Phi) is 4.05. The Morgan fingerprint density at radius 2 is 2.00 bits per heavy atom. The molecule has 0 spiro atoms. The molecule has 0 saturated carbocycles. The van der Waals surface area contributed by atoms with Crippen molar-refractivity contribution < 1.29 is 17.7 Å². The topological polar surface area (TPSA) is 102 Å². The van der Waals surface area contributed by atoms with Gasteiger partial charge in [0.2, 0.25) is 0 Å². The third-order valence-corrected chi connectivity index (χ3v) is 3.95. The van der Waals surface area contributed by atoms with Gasteiger partial charge in [-0.15, -0.1) is 0 Å². The number of hydrogen-bond donors (Lipinski definition) is 1. The predicted molar refractivity (Wildman–Crippen MR) is 73.1 cm³/mol. The molecule has 0 aliphatic rings. The molecular weight excluding hydrogens is 325 g/mol. The Labute approximate surface area is 123 Å². The summed E-state index contributed by atoms with van der Waals surface area (Å²) in [6.07, 6.45) is 0. The standard InChI is InChI=1S/C11H7ClFN3O4S/c12-10-2-1-3-11(14-10)15-21(19,20)9-6-7(16(17)18)4-5-8(9)13/h1-6H,(H,14,15). The minimum atomic E-state index is -4.37. The summed E-state index contributed by atoms with van der Waals surface area (Å²) in [5, 5.41) is 10.7. The predicted octanol–water partition coefficient (Wildman–Crippen LogP) is 2.58. The molecule has 0 aliphatic carbocycles. The first kappa shape index (κ1) is 15.1. The van der Waals surface area contributed by atoms with Crippen LogP contribution in [0.4, 0.5) is 15.9 Å². The van der Waals surface area contributed by atoms with Gasteiger partial charge in [0, 0.05) is 12.1 Å². The largest absolute Gasteiger partial charge is 0.271 e. The number of pyridine rings is 1. The van der Waals surface area contributed by atoms with Crippen molar-refractivity contribution in [2.24, 2.45) is 0 Å². The van der Waals surface area contributed by atoms with E-state index in [4.69, 9.17) is 11.6 Å². The molecule has 0 amide bonds. The van der Waals surface area contributed by atoms with Crippen LogP contribution in [-0.2, 0) is 10.0 Å².